The van der Waals surface area contributed by atoms with Gasteiger partial charge in [-0.15, -0.1) is 10.2 Å². The van der Waals surface area contributed by atoms with Gasteiger partial charge in [-0.1, -0.05) is 11.6 Å². The zero-order valence-electron chi connectivity index (χ0n) is 11.8. The van der Waals surface area contributed by atoms with Crippen LogP contribution in [-0.2, 0) is 0 Å². The van der Waals surface area contributed by atoms with Crippen molar-refractivity contribution in [2.75, 3.05) is 14.0 Å². The van der Waals surface area contributed by atoms with Crippen molar-refractivity contribution in [3.05, 3.63) is 23.0 Å². The van der Waals surface area contributed by atoms with Crippen LogP contribution in [-0.4, -0.2) is 35.0 Å². The van der Waals surface area contributed by atoms with Crippen LogP contribution < -0.4 is 0 Å². The molecule has 0 saturated carbocycles. The molecule has 0 aliphatic heterocycles. The highest BCUT2D eigenvalue weighted by Crippen LogP contribution is 2.03. The van der Waals surface area contributed by atoms with Gasteiger partial charge in [0.15, 0.2) is 10.8 Å². The summed E-state index contributed by atoms with van der Waals surface area (Å²) in [6, 6.07) is 2.31. The smallest absolute Gasteiger partial charge is 0.273 e. The zero-order chi connectivity index (χ0) is 14.1. The number of rotatable bonds is 1. The van der Waals surface area contributed by atoms with E-state index in [0.717, 1.165) is 6.07 Å². The van der Waals surface area contributed by atoms with E-state index in [0.29, 0.717) is 0 Å². The molecule has 0 N–H and O–H groups in total. The van der Waals surface area contributed by atoms with Crippen LogP contribution >= 0.6 is 11.6 Å². The Morgan fingerprint density at radius 3 is 2.83 bits per heavy atom. The Kier molecular flexibility index (Phi) is 1.08. The Morgan fingerprint density at radius 2 is 2.33 bits per heavy atom. The molecule has 1 amide bonds. The van der Waals surface area contributed by atoms with Crippen molar-refractivity contribution in [1.82, 2.24) is 15.1 Å². The van der Waals surface area contributed by atoms with Crippen molar-refractivity contribution >= 4 is 17.5 Å². The molecular formula is C7H8ClN3O. The van der Waals surface area contributed by atoms with E-state index in [2.05, 4.69) is 10.2 Å². The molecule has 0 aliphatic carbocycles. The molecule has 1 aromatic rings. The molecular weight excluding hydrogens is 178 g/mol. The van der Waals surface area contributed by atoms with Crippen molar-refractivity contribution in [2.45, 2.75) is 0 Å². The number of carbonyl (C=O) groups excluding carboxylic acids is 1. The fraction of sp³-hybridized carbons (Fsp3) is 0.286. The van der Waals surface area contributed by atoms with Crippen molar-refractivity contribution in [1.29, 1.82) is 0 Å². The Labute approximate surface area is 83.6 Å². The lowest BCUT2D eigenvalue weighted by Crippen LogP contribution is -2.22. The van der Waals surface area contributed by atoms with E-state index in [1.165, 1.54) is 6.07 Å². The lowest BCUT2D eigenvalue weighted by atomic mass is 10.3. The quantitative estimate of drug-likeness (QED) is 0.661. The van der Waals surface area contributed by atoms with E-state index in [4.69, 9.17) is 19.8 Å². The van der Waals surface area contributed by atoms with Crippen LogP contribution in [0.1, 0.15) is 18.7 Å². The summed E-state index contributed by atoms with van der Waals surface area (Å²) < 4.78 is 42.4. The fourth-order valence-electron chi connectivity index (χ4n) is 0.545. The normalized spacial score (nSPS) is 19.1. The summed E-state index contributed by atoms with van der Waals surface area (Å²) in [6.45, 7) is -6.21. The minimum atomic E-state index is -3.11. The Bertz CT molecular complexity index is 428. The maximum absolute atomic E-state index is 11.8. The molecule has 0 fully saturated rings. The van der Waals surface area contributed by atoms with Crippen molar-refractivity contribution in [2.24, 2.45) is 0 Å². The Hall–Kier alpha value is -1.16. The van der Waals surface area contributed by atoms with Crippen LogP contribution in [0.2, 0.25) is 5.15 Å². The largest absolute Gasteiger partial charge is 0.343 e. The van der Waals surface area contributed by atoms with Gasteiger partial charge in [0.25, 0.3) is 5.91 Å². The minimum Gasteiger partial charge on any atom is -0.343 e. The van der Waals surface area contributed by atoms with E-state index in [1.54, 1.807) is 0 Å². The highest BCUT2D eigenvalue weighted by atomic mass is 35.5. The van der Waals surface area contributed by atoms with Crippen molar-refractivity contribution in [3.8, 4) is 0 Å². The average Bonchev–Trinajstić information content (AvgIpc) is 2.13. The second-order valence-electron chi connectivity index (χ2n) is 1.88. The maximum atomic E-state index is 11.8. The molecule has 4 nitrogen and oxygen atoms in total. The second kappa shape index (κ2) is 3.49. The first-order chi connectivity index (χ1) is 8.03. The van der Waals surface area contributed by atoms with Crippen molar-refractivity contribution in [3.63, 3.8) is 0 Å². The lowest BCUT2D eigenvalue weighted by molar-refractivity contribution is 0.0821. The molecule has 12 heavy (non-hydrogen) atoms. The summed E-state index contributed by atoms with van der Waals surface area (Å²) >= 11 is 5.46. The number of halogens is 1. The Balaban J connectivity index is 3.16. The van der Waals surface area contributed by atoms with Crippen LogP contribution in [0.5, 0.6) is 0 Å². The van der Waals surface area contributed by atoms with Gasteiger partial charge in [-0.25, -0.2) is 0 Å². The number of amides is 1. The molecule has 0 bridgehead atoms. The highest BCUT2D eigenvalue weighted by molar-refractivity contribution is 6.29. The van der Waals surface area contributed by atoms with Crippen LogP contribution in [0, 0.1) is 0 Å². The first-order valence-electron chi connectivity index (χ1n) is 5.87. The van der Waals surface area contributed by atoms with Gasteiger partial charge in [0.2, 0.25) is 0 Å². The molecule has 0 atom stereocenters. The maximum Gasteiger partial charge on any atom is 0.273 e. The predicted octanol–water partition coefficient (Wildman–Crippen LogP) is 0.832. The molecule has 5 heteroatoms. The molecule has 1 rings (SSSR count). The number of hydrogen-bond acceptors (Lipinski definition) is 3. The van der Waals surface area contributed by atoms with Crippen LogP contribution in [0.4, 0.5) is 0 Å². The molecule has 0 radical (unpaired) electrons. The third kappa shape index (κ3) is 1.92. The Morgan fingerprint density at radius 1 is 1.58 bits per heavy atom. The van der Waals surface area contributed by atoms with Gasteiger partial charge in [-0.05, 0) is 12.1 Å². The number of carbonyl (C=O) groups is 1. The monoisotopic (exact) mass is 191 g/mol. The first-order valence-corrected chi connectivity index (χ1v) is 3.25. The van der Waals surface area contributed by atoms with E-state index in [-0.39, 0.29) is 10.1 Å². The SMILES string of the molecule is [2H]C([2H])([2H])N(C(=O)c1ccc(Cl)nn1)C([2H])([2H])[2H]. The van der Waals surface area contributed by atoms with E-state index < -0.39 is 25.6 Å². The van der Waals surface area contributed by atoms with Gasteiger partial charge >= 0.3 is 0 Å². The summed E-state index contributed by atoms with van der Waals surface area (Å²) in [7, 11) is 0. The lowest BCUT2D eigenvalue weighted by Gasteiger charge is -2.07. The number of hydrogen-bond donors (Lipinski definition) is 0. The highest BCUT2D eigenvalue weighted by Gasteiger charge is 2.08. The molecule has 0 spiro atoms. The van der Waals surface area contributed by atoms with E-state index in [9.17, 15) is 4.79 Å². The van der Waals surface area contributed by atoms with Gasteiger partial charge in [-0.3, -0.25) is 4.79 Å². The van der Waals surface area contributed by atoms with Gasteiger partial charge < -0.3 is 4.90 Å². The topological polar surface area (TPSA) is 46.1 Å². The summed E-state index contributed by atoms with van der Waals surface area (Å²) in [5, 5.41) is 6.70. The molecule has 64 valence electrons. The second-order valence-corrected chi connectivity index (χ2v) is 2.27. The average molecular weight is 192 g/mol. The number of nitrogens with zero attached hydrogens (tertiary/aromatic N) is 3. The third-order valence-corrected chi connectivity index (χ3v) is 1.26. The minimum absolute atomic E-state index is 0.000803. The third-order valence-electron chi connectivity index (χ3n) is 1.05. The molecule has 0 unspecified atom stereocenters. The molecule has 1 aromatic heterocycles. The van der Waals surface area contributed by atoms with Crippen LogP contribution in [0.3, 0.4) is 0 Å². The fourth-order valence-corrected chi connectivity index (χ4v) is 0.645. The summed E-state index contributed by atoms with van der Waals surface area (Å²) in [5.74, 6) is -1.26. The van der Waals surface area contributed by atoms with Gasteiger partial charge in [0.05, 0.1) is 0 Å². The van der Waals surface area contributed by atoms with Gasteiger partial charge in [0, 0.05) is 22.2 Å². The van der Waals surface area contributed by atoms with Crippen molar-refractivity contribution < 1.29 is 13.0 Å². The van der Waals surface area contributed by atoms with Gasteiger partial charge in [0.1, 0.15) is 0 Å². The summed E-state index contributed by atoms with van der Waals surface area (Å²) in [4.78, 5) is 11.6. The van der Waals surface area contributed by atoms with Gasteiger partial charge in [-0.2, -0.15) is 0 Å². The first kappa shape index (κ1) is 3.70. The number of aromatic nitrogens is 2. The van der Waals surface area contributed by atoms with E-state index in [1.807, 2.05) is 0 Å². The predicted molar refractivity (Wildman–Crippen MR) is 45.1 cm³/mol. The summed E-state index contributed by atoms with van der Waals surface area (Å²) in [6.07, 6.45) is 0. The van der Waals surface area contributed by atoms with Crippen LogP contribution in [0.25, 0.3) is 0 Å². The molecule has 0 saturated heterocycles. The molecule has 1 heterocycles. The zero-order valence-corrected chi connectivity index (χ0v) is 6.54. The summed E-state index contributed by atoms with van der Waals surface area (Å²) in [5.41, 5.74) is -0.411. The standard InChI is InChI=1S/C7H8ClN3O/c1-11(2)7(12)5-3-4-6(8)10-9-5/h3-4H,1-2H3/i1D3,2D3. The van der Waals surface area contributed by atoms with E-state index >= 15 is 0 Å². The molecule has 0 aliphatic rings. The molecule has 0 aromatic carbocycles. The van der Waals surface area contributed by atoms with Crippen LogP contribution in [0.15, 0.2) is 12.1 Å².